The van der Waals surface area contributed by atoms with Crippen LogP contribution in [0.2, 0.25) is 24.7 Å². The second-order valence-electron chi connectivity index (χ2n) is 4.80. The van der Waals surface area contributed by atoms with Crippen LogP contribution in [0.15, 0.2) is 18.2 Å². The highest BCUT2D eigenvalue weighted by atomic mass is 35.5. The van der Waals surface area contributed by atoms with Crippen LogP contribution in [0, 0.1) is 0 Å². The second kappa shape index (κ2) is 3.43. The van der Waals surface area contributed by atoms with E-state index in [2.05, 4.69) is 0 Å². The number of nitrogens with zero attached hydrogens (tertiary/aromatic N) is 1. The molecule has 84 valence electrons. The summed E-state index contributed by atoms with van der Waals surface area (Å²) in [4.78, 5) is 23.7. The molecule has 1 aromatic carbocycles. The van der Waals surface area contributed by atoms with Gasteiger partial charge in [-0.2, -0.15) is 0 Å². The van der Waals surface area contributed by atoms with Crippen LogP contribution in [0.3, 0.4) is 0 Å². The molecule has 16 heavy (non-hydrogen) atoms. The Kier molecular flexibility index (Phi) is 2.44. The standard InChI is InChI=1S/C11H12ClNO2Si/c1-16(2,3)13-9-5-4-7(12)6-8(9)10(14)11(13)15/h4-6H,1-3H3. The quantitative estimate of drug-likeness (QED) is 0.570. The van der Waals surface area contributed by atoms with E-state index >= 15 is 0 Å². The maximum Gasteiger partial charge on any atom is 0.291 e. The number of fused-ring (bicyclic) bond motifs is 1. The molecular weight excluding hydrogens is 242 g/mol. The third-order valence-electron chi connectivity index (χ3n) is 2.51. The van der Waals surface area contributed by atoms with E-state index in [0.29, 0.717) is 16.3 Å². The summed E-state index contributed by atoms with van der Waals surface area (Å²) in [6.07, 6.45) is 0. The molecule has 0 radical (unpaired) electrons. The van der Waals surface area contributed by atoms with Gasteiger partial charge in [0.25, 0.3) is 11.7 Å². The molecule has 1 aliphatic rings. The predicted octanol–water partition coefficient (Wildman–Crippen LogP) is 2.70. The van der Waals surface area contributed by atoms with Gasteiger partial charge < -0.3 is 4.57 Å². The molecular formula is C11H12ClNO2Si. The van der Waals surface area contributed by atoms with Crippen molar-refractivity contribution in [3.8, 4) is 0 Å². The summed E-state index contributed by atoms with van der Waals surface area (Å²) < 4.78 is 1.65. The molecule has 1 heterocycles. The first-order chi connectivity index (χ1) is 7.32. The summed E-state index contributed by atoms with van der Waals surface area (Å²) >= 11 is 5.83. The first-order valence-corrected chi connectivity index (χ1v) is 8.83. The fraction of sp³-hybridized carbons (Fsp3) is 0.273. The van der Waals surface area contributed by atoms with Crippen LogP contribution in [0.5, 0.6) is 0 Å². The lowest BCUT2D eigenvalue weighted by molar-refractivity contribution is -0.113. The van der Waals surface area contributed by atoms with Crippen LogP contribution in [0.4, 0.5) is 5.69 Å². The lowest BCUT2D eigenvalue weighted by atomic mass is 10.1. The average Bonchev–Trinajstić information content (AvgIpc) is 2.40. The Hall–Kier alpha value is -1.13. The molecule has 0 saturated carbocycles. The summed E-state index contributed by atoms with van der Waals surface area (Å²) in [5, 5.41) is 0.484. The topological polar surface area (TPSA) is 37.4 Å². The number of Topliss-reactive ketones (excluding diaryl/α,β-unsaturated/α-hetero) is 1. The van der Waals surface area contributed by atoms with Crippen molar-refractivity contribution >= 4 is 37.2 Å². The number of halogens is 1. The monoisotopic (exact) mass is 253 g/mol. The number of benzene rings is 1. The number of rotatable bonds is 1. The lowest BCUT2D eigenvalue weighted by Gasteiger charge is -2.29. The van der Waals surface area contributed by atoms with Gasteiger partial charge in [-0.25, -0.2) is 0 Å². The van der Waals surface area contributed by atoms with Crippen LogP contribution in [0.25, 0.3) is 0 Å². The van der Waals surface area contributed by atoms with E-state index in [1.165, 1.54) is 0 Å². The van der Waals surface area contributed by atoms with Crippen LogP contribution in [-0.4, -0.2) is 19.9 Å². The predicted molar refractivity (Wildman–Crippen MR) is 66.6 cm³/mol. The van der Waals surface area contributed by atoms with E-state index in [0.717, 1.165) is 0 Å². The van der Waals surface area contributed by atoms with Crippen LogP contribution >= 0.6 is 11.6 Å². The minimum absolute atomic E-state index is 0.420. The Morgan fingerprint density at radius 3 is 2.38 bits per heavy atom. The number of hydrogen-bond acceptors (Lipinski definition) is 2. The number of hydrogen-bond donors (Lipinski definition) is 0. The summed E-state index contributed by atoms with van der Waals surface area (Å²) in [6, 6.07) is 5.02. The maximum absolute atomic E-state index is 11.9. The van der Waals surface area contributed by atoms with E-state index in [-0.39, 0.29) is 0 Å². The van der Waals surface area contributed by atoms with Gasteiger partial charge in [0.05, 0.1) is 5.56 Å². The molecule has 5 heteroatoms. The van der Waals surface area contributed by atoms with Gasteiger partial charge in [0.15, 0.2) is 8.24 Å². The minimum atomic E-state index is -1.88. The Bertz CT molecular complexity index is 493. The SMILES string of the molecule is C[Si](C)(C)N1C(=O)C(=O)c2cc(Cl)ccc21. The van der Waals surface area contributed by atoms with E-state index in [1.807, 2.05) is 19.6 Å². The Balaban J connectivity index is 2.64. The smallest absolute Gasteiger partial charge is 0.291 e. The van der Waals surface area contributed by atoms with E-state index in [9.17, 15) is 9.59 Å². The van der Waals surface area contributed by atoms with Gasteiger partial charge in [-0.3, -0.25) is 9.59 Å². The number of carbonyl (C=O) groups is 2. The van der Waals surface area contributed by atoms with E-state index in [4.69, 9.17) is 11.6 Å². The lowest BCUT2D eigenvalue weighted by Crippen LogP contribution is -2.49. The molecule has 0 fully saturated rings. The van der Waals surface area contributed by atoms with Crippen molar-refractivity contribution in [2.24, 2.45) is 0 Å². The molecule has 0 aromatic heterocycles. The zero-order chi connectivity index (χ0) is 12.1. The van der Waals surface area contributed by atoms with Crippen molar-refractivity contribution in [2.45, 2.75) is 19.6 Å². The van der Waals surface area contributed by atoms with Gasteiger partial charge in [0.1, 0.15) is 0 Å². The maximum atomic E-state index is 11.9. The summed E-state index contributed by atoms with van der Waals surface area (Å²) in [6.45, 7) is 6.09. The Labute approximate surface area is 100 Å². The van der Waals surface area contributed by atoms with Crippen molar-refractivity contribution in [2.75, 3.05) is 4.57 Å². The minimum Gasteiger partial charge on any atom is -0.333 e. The third kappa shape index (κ3) is 1.58. The normalized spacial score (nSPS) is 15.6. The first kappa shape index (κ1) is 11.4. The molecule has 1 aliphatic heterocycles. The molecule has 1 aromatic rings. The molecule has 1 amide bonds. The summed E-state index contributed by atoms with van der Waals surface area (Å²) in [7, 11) is -1.88. The summed E-state index contributed by atoms with van der Waals surface area (Å²) in [5.74, 6) is -0.864. The van der Waals surface area contributed by atoms with Crippen molar-refractivity contribution in [3.63, 3.8) is 0 Å². The zero-order valence-corrected chi connectivity index (χ0v) is 11.1. The van der Waals surface area contributed by atoms with Crippen LogP contribution in [0.1, 0.15) is 10.4 Å². The Morgan fingerprint density at radius 2 is 1.81 bits per heavy atom. The Morgan fingerprint density at radius 1 is 1.19 bits per heavy atom. The second-order valence-corrected chi connectivity index (χ2v) is 10.0. The molecule has 0 unspecified atom stereocenters. The van der Waals surface area contributed by atoms with E-state index in [1.54, 1.807) is 22.8 Å². The molecule has 0 spiro atoms. The van der Waals surface area contributed by atoms with Gasteiger partial charge in [0, 0.05) is 10.7 Å². The van der Waals surface area contributed by atoms with Crippen LogP contribution < -0.4 is 4.57 Å². The van der Waals surface area contributed by atoms with Gasteiger partial charge in [-0.05, 0) is 18.2 Å². The highest BCUT2D eigenvalue weighted by molar-refractivity contribution is 6.87. The van der Waals surface area contributed by atoms with Gasteiger partial charge in [-0.1, -0.05) is 31.2 Å². The molecule has 0 aliphatic carbocycles. The van der Waals surface area contributed by atoms with Gasteiger partial charge in [0.2, 0.25) is 0 Å². The highest BCUT2D eigenvalue weighted by Gasteiger charge is 2.42. The first-order valence-electron chi connectivity index (χ1n) is 5.01. The molecule has 2 rings (SSSR count). The summed E-state index contributed by atoms with van der Waals surface area (Å²) in [5.41, 5.74) is 1.14. The fourth-order valence-electron chi connectivity index (χ4n) is 1.88. The van der Waals surface area contributed by atoms with Crippen molar-refractivity contribution in [1.82, 2.24) is 0 Å². The number of amides is 1. The third-order valence-corrected chi connectivity index (χ3v) is 4.53. The van der Waals surface area contributed by atoms with Gasteiger partial charge >= 0.3 is 0 Å². The molecule has 3 nitrogen and oxygen atoms in total. The number of anilines is 1. The highest BCUT2D eigenvalue weighted by Crippen LogP contribution is 2.34. The average molecular weight is 254 g/mol. The largest absolute Gasteiger partial charge is 0.333 e. The van der Waals surface area contributed by atoms with Crippen molar-refractivity contribution < 1.29 is 9.59 Å². The van der Waals surface area contributed by atoms with Crippen LogP contribution in [-0.2, 0) is 4.79 Å². The number of ketones is 1. The van der Waals surface area contributed by atoms with Gasteiger partial charge in [-0.15, -0.1) is 0 Å². The number of carbonyl (C=O) groups excluding carboxylic acids is 2. The zero-order valence-electron chi connectivity index (χ0n) is 9.37. The van der Waals surface area contributed by atoms with E-state index < -0.39 is 19.9 Å². The molecule has 0 bridgehead atoms. The molecule has 0 N–H and O–H groups in total. The van der Waals surface area contributed by atoms with Crippen molar-refractivity contribution in [3.05, 3.63) is 28.8 Å². The molecule has 0 saturated heterocycles. The fourth-order valence-corrected chi connectivity index (χ4v) is 3.68. The van der Waals surface area contributed by atoms with Crippen molar-refractivity contribution in [1.29, 1.82) is 0 Å². The molecule has 0 atom stereocenters.